The average Bonchev–Trinajstić information content (AvgIpc) is 2.85. The molecule has 1 saturated heterocycles. The van der Waals surface area contributed by atoms with Crippen LogP contribution in [0.3, 0.4) is 0 Å². The molecule has 1 heterocycles. The molecule has 1 fully saturated rings. The maximum absolute atomic E-state index is 3.56. The molecule has 2 nitrogen and oxygen atoms in total. The summed E-state index contributed by atoms with van der Waals surface area (Å²) in [6, 6.07) is 8.53. The number of para-hydroxylation sites is 1. The van der Waals surface area contributed by atoms with E-state index >= 15 is 0 Å². The number of nitrogens with zero attached hydrogens (tertiary/aromatic N) is 1. The van der Waals surface area contributed by atoms with Crippen LogP contribution in [-0.2, 0) is 0 Å². The number of likely N-dealkylation sites (tertiary alicyclic amines) is 1. The molecule has 0 bridgehead atoms. The van der Waals surface area contributed by atoms with Gasteiger partial charge < -0.3 is 10.2 Å². The van der Waals surface area contributed by atoms with Crippen molar-refractivity contribution >= 4 is 5.69 Å². The summed E-state index contributed by atoms with van der Waals surface area (Å²) in [5.74, 6) is 0. The van der Waals surface area contributed by atoms with Crippen molar-refractivity contribution in [2.75, 3.05) is 31.5 Å². The largest absolute Gasteiger partial charge is 0.384 e. The molecule has 1 aliphatic rings. The predicted molar refractivity (Wildman–Crippen MR) is 83.7 cm³/mol. The molecular weight excluding hydrogens is 232 g/mol. The first-order valence-electron chi connectivity index (χ1n) is 7.71. The molecule has 2 rings (SSSR count). The Morgan fingerprint density at radius 1 is 1.21 bits per heavy atom. The van der Waals surface area contributed by atoms with Crippen LogP contribution >= 0.6 is 0 Å². The molecule has 0 radical (unpaired) electrons. The molecular formula is C17H28N2. The fourth-order valence-electron chi connectivity index (χ4n) is 3.17. The lowest BCUT2D eigenvalue weighted by molar-refractivity contribution is 0.245. The Balaban J connectivity index is 1.77. The number of benzene rings is 1. The normalized spacial score (nSPS) is 18.7. The fourth-order valence-corrected chi connectivity index (χ4v) is 3.17. The summed E-state index contributed by atoms with van der Waals surface area (Å²) in [4.78, 5) is 2.62. The minimum Gasteiger partial charge on any atom is -0.384 e. The molecule has 0 spiro atoms. The molecule has 1 aliphatic heterocycles. The summed E-state index contributed by atoms with van der Waals surface area (Å²) in [7, 11) is 0. The van der Waals surface area contributed by atoms with Crippen LogP contribution in [0.15, 0.2) is 24.3 Å². The monoisotopic (exact) mass is 260 g/mol. The van der Waals surface area contributed by atoms with Gasteiger partial charge in [-0.25, -0.2) is 0 Å². The first-order valence-corrected chi connectivity index (χ1v) is 7.71. The van der Waals surface area contributed by atoms with Crippen molar-refractivity contribution in [3.63, 3.8) is 0 Å². The summed E-state index contributed by atoms with van der Waals surface area (Å²) in [5.41, 5.74) is 3.21. The zero-order valence-corrected chi connectivity index (χ0v) is 12.7. The maximum atomic E-state index is 3.56. The Labute approximate surface area is 118 Å². The van der Waals surface area contributed by atoms with Crippen LogP contribution < -0.4 is 5.32 Å². The van der Waals surface area contributed by atoms with Crippen molar-refractivity contribution in [3.05, 3.63) is 29.8 Å². The Morgan fingerprint density at radius 3 is 2.58 bits per heavy atom. The maximum Gasteiger partial charge on any atom is 0.0370 e. The molecule has 0 amide bonds. The zero-order valence-electron chi connectivity index (χ0n) is 12.7. The molecule has 19 heavy (non-hydrogen) atoms. The second-order valence-corrected chi connectivity index (χ2v) is 5.97. The molecule has 2 heteroatoms. The summed E-state index contributed by atoms with van der Waals surface area (Å²) in [5, 5.41) is 3.56. The van der Waals surface area contributed by atoms with Crippen molar-refractivity contribution in [2.45, 2.75) is 40.0 Å². The molecule has 106 valence electrons. The van der Waals surface area contributed by atoms with Gasteiger partial charge in [0, 0.05) is 25.3 Å². The van der Waals surface area contributed by atoms with E-state index in [0.29, 0.717) is 5.41 Å². The van der Waals surface area contributed by atoms with Crippen LogP contribution in [0.2, 0.25) is 0 Å². The van der Waals surface area contributed by atoms with Gasteiger partial charge in [-0.15, -0.1) is 0 Å². The molecule has 0 aliphatic carbocycles. The molecule has 1 N–H and O–H groups in total. The third-order valence-electron chi connectivity index (χ3n) is 4.91. The number of rotatable bonds is 6. The second kappa shape index (κ2) is 6.42. The molecule has 0 atom stereocenters. The van der Waals surface area contributed by atoms with Gasteiger partial charge in [-0.2, -0.15) is 0 Å². The summed E-state index contributed by atoms with van der Waals surface area (Å²) >= 11 is 0. The van der Waals surface area contributed by atoms with Gasteiger partial charge in [0.15, 0.2) is 0 Å². The van der Waals surface area contributed by atoms with Crippen molar-refractivity contribution < 1.29 is 0 Å². The minimum absolute atomic E-state index is 0.600. The topological polar surface area (TPSA) is 15.3 Å². The molecule has 0 aromatic heterocycles. The van der Waals surface area contributed by atoms with E-state index in [0.717, 1.165) is 13.1 Å². The average molecular weight is 260 g/mol. The molecule has 1 aromatic rings. The van der Waals surface area contributed by atoms with Crippen LogP contribution in [0, 0.1) is 12.3 Å². The number of nitrogens with one attached hydrogen (secondary N) is 1. The van der Waals surface area contributed by atoms with Crippen molar-refractivity contribution in [3.8, 4) is 0 Å². The number of hydrogen-bond donors (Lipinski definition) is 1. The fraction of sp³-hybridized carbons (Fsp3) is 0.647. The van der Waals surface area contributed by atoms with Crippen LogP contribution in [0.4, 0.5) is 5.69 Å². The zero-order chi connectivity index (χ0) is 13.7. The van der Waals surface area contributed by atoms with Crippen LogP contribution in [0.25, 0.3) is 0 Å². The van der Waals surface area contributed by atoms with Crippen molar-refractivity contribution in [2.24, 2.45) is 5.41 Å². The Kier molecular flexibility index (Phi) is 4.87. The Hall–Kier alpha value is -1.02. The van der Waals surface area contributed by atoms with E-state index < -0.39 is 0 Å². The van der Waals surface area contributed by atoms with Crippen LogP contribution in [0.5, 0.6) is 0 Å². The first-order chi connectivity index (χ1) is 9.19. The van der Waals surface area contributed by atoms with Gasteiger partial charge in [0.05, 0.1) is 0 Å². The van der Waals surface area contributed by atoms with Gasteiger partial charge in [0.25, 0.3) is 0 Å². The van der Waals surface area contributed by atoms with E-state index in [4.69, 9.17) is 0 Å². The van der Waals surface area contributed by atoms with Crippen LogP contribution in [-0.4, -0.2) is 31.1 Å². The highest BCUT2D eigenvalue weighted by Crippen LogP contribution is 2.36. The third kappa shape index (κ3) is 3.50. The highest BCUT2D eigenvalue weighted by Gasteiger charge is 2.34. The van der Waals surface area contributed by atoms with E-state index in [1.165, 1.54) is 43.6 Å². The Morgan fingerprint density at radius 2 is 1.95 bits per heavy atom. The van der Waals surface area contributed by atoms with E-state index in [-0.39, 0.29) is 0 Å². The van der Waals surface area contributed by atoms with Crippen molar-refractivity contribution in [1.82, 2.24) is 4.90 Å². The van der Waals surface area contributed by atoms with E-state index in [1.807, 2.05) is 0 Å². The van der Waals surface area contributed by atoms with Gasteiger partial charge >= 0.3 is 0 Å². The molecule has 0 saturated carbocycles. The van der Waals surface area contributed by atoms with Gasteiger partial charge in [0.1, 0.15) is 0 Å². The lowest BCUT2D eigenvalue weighted by atomic mass is 9.82. The Bertz CT molecular complexity index is 396. The van der Waals surface area contributed by atoms with E-state index in [9.17, 15) is 0 Å². The highest BCUT2D eigenvalue weighted by molar-refractivity contribution is 5.50. The molecule has 1 aromatic carbocycles. The smallest absolute Gasteiger partial charge is 0.0370 e. The van der Waals surface area contributed by atoms with Crippen LogP contribution in [0.1, 0.15) is 38.7 Å². The van der Waals surface area contributed by atoms with E-state index in [2.05, 4.69) is 55.3 Å². The van der Waals surface area contributed by atoms with E-state index in [1.54, 1.807) is 0 Å². The third-order valence-corrected chi connectivity index (χ3v) is 4.91. The lowest BCUT2D eigenvalue weighted by Gasteiger charge is -2.26. The van der Waals surface area contributed by atoms with Crippen molar-refractivity contribution in [1.29, 1.82) is 0 Å². The highest BCUT2D eigenvalue weighted by atomic mass is 15.2. The number of anilines is 1. The predicted octanol–water partition coefficient (Wildman–Crippen LogP) is 3.92. The second-order valence-electron chi connectivity index (χ2n) is 5.97. The summed E-state index contributed by atoms with van der Waals surface area (Å²) < 4.78 is 0. The van der Waals surface area contributed by atoms with Gasteiger partial charge in [-0.05, 0) is 49.8 Å². The number of aryl methyl sites for hydroxylation is 1. The van der Waals surface area contributed by atoms with Gasteiger partial charge in [-0.1, -0.05) is 32.0 Å². The standard InChI is InChI=1S/C17H28N2/c1-4-17(5-2)10-12-19(14-17)13-11-18-16-9-7-6-8-15(16)3/h6-9,18H,4-5,10-14H2,1-3H3. The molecule has 0 unspecified atom stereocenters. The first kappa shape index (κ1) is 14.4. The summed E-state index contributed by atoms with van der Waals surface area (Å²) in [6.07, 6.45) is 4.03. The quantitative estimate of drug-likeness (QED) is 0.834. The number of hydrogen-bond acceptors (Lipinski definition) is 2. The lowest BCUT2D eigenvalue weighted by Crippen LogP contribution is -2.30. The minimum atomic E-state index is 0.600. The van der Waals surface area contributed by atoms with Gasteiger partial charge in [0.2, 0.25) is 0 Å². The summed E-state index contributed by atoms with van der Waals surface area (Å²) in [6.45, 7) is 11.6. The van der Waals surface area contributed by atoms with Gasteiger partial charge in [-0.3, -0.25) is 0 Å². The SMILES string of the molecule is CCC1(CC)CCN(CCNc2ccccc2C)C1.